The molecule has 116 valence electrons. The number of halogens is 2. The fourth-order valence-electron chi connectivity index (χ4n) is 3.07. The van der Waals surface area contributed by atoms with Gasteiger partial charge in [-0.25, -0.2) is 18.7 Å². The van der Waals surface area contributed by atoms with Crippen molar-refractivity contribution in [2.45, 2.75) is 25.3 Å². The van der Waals surface area contributed by atoms with Gasteiger partial charge in [0.15, 0.2) is 11.6 Å². The standard InChI is InChI=1S/C16H17F2N3O/c17-13-5-12-15(6-14(13)18)19-9-20-16(12)21(11-1-2-11)7-10-3-4-22-8-10/h5-6,9-11H,1-4,7-8H2/t10-/m1/s1. The molecule has 1 aromatic carbocycles. The van der Waals surface area contributed by atoms with E-state index in [0.29, 0.717) is 28.7 Å². The predicted molar refractivity (Wildman–Crippen MR) is 78.7 cm³/mol. The number of nitrogens with zero attached hydrogens (tertiary/aromatic N) is 3. The van der Waals surface area contributed by atoms with Crippen molar-refractivity contribution < 1.29 is 13.5 Å². The summed E-state index contributed by atoms with van der Waals surface area (Å²) in [5.74, 6) is -0.558. The van der Waals surface area contributed by atoms with E-state index in [0.717, 1.165) is 45.1 Å². The topological polar surface area (TPSA) is 38.2 Å². The number of hydrogen-bond acceptors (Lipinski definition) is 4. The van der Waals surface area contributed by atoms with Gasteiger partial charge in [0.25, 0.3) is 0 Å². The van der Waals surface area contributed by atoms with Gasteiger partial charge in [0.1, 0.15) is 12.1 Å². The molecule has 0 radical (unpaired) electrons. The van der Waals surface area contributed by atoms with Crippen LogP contribution in [0, 0.1) is 17.6 Å². The van der Waals surface area contributed by atoms with Crippen molar-refractivity contribution >= 4 is 16.7 Å². The first-order chi connectivity index (χ1) is 10.7. The Bertz CT molecular complexity index is 699. The third-order valence-corrected chi connectivity index (χ3v) is 4.39. The minimum Gasteiger partial charge on any atom is -0.381 e. The quantitative estimate of drug-likeness (QED) is 0.870. The predicted octanol–water partition coefficient (Wildman–Crippen LogP) is 2.91. The van der Waals surface area contributed by atoms with Gasteiger partial charge in [-0.2, -0.15) is 0 Å². The number of hydrogen-bond donors (Lipinski definition) is 0. The van der Waals surface area contributed by atoms with Crippen LogP contribution >= 0.6 is 0 Å². The fourth-order valence-corrected chi connectivity index (χ4v) is 3.07. The normalized spacial score (nSPS) is 21.5. The second kappa shape index (κ2) is 5.43. The van der Waals surface area contributed by atoms with E-state index >= 15 is 0 Å². The Morgan fingerprint density at radius 2 is 1.95 bits per heavy atom. The van der Waals surface area contributed by atoms with Crippen molar-refractivity contribution in [2.75, 3.05) is 24.7 Å². The van der Waals surface area contributed by atoms with Crippen LogP contribution < -0.4 is 4.90 Å². The first-order valence-corrected chi connectivity index (χ1v) is 7.66. The lowest BCUT2D eigenvalue weighted by molar-refractivity contribution is 0.186. The number of rotatable bonds is 4. The van der Waals surface area contributed by atoms with Crippen molar-refractivity contribution in [3.63, 3.8) is 0 Å². The van der Waals surface area contributed by atoms with Crippen LogP contribution in [-0.4, -0.2) is 35.8 Å². The van der Waals surface area contributed by atoms with Crippen LogP contribution in [0.25, 0.3) is 10.9 Å². The summed E-state index contributed by atoms with van der Waals surface area (Å²) in [6.07, 6.45) is 4.69. The van der Waals surface area contributed by atoms with Crippen LogP contribution in [0.2, 0.25) is 0 Å². The fraction of sp³-hybridized carbons (Fsp3) is 0.500. The number of anilines is 1. The maximum absolute atomic E-state index is 13.6. The number of fused-ring (bicyclic) bond motifs is 1. The highest BCUT2D eigenvalue weighted by atomic mass is 19.2. The Labute approximate surface area is 127 Å². The Hall–Kier alpha value is -1.82. The van der Waals surface area contributed by atoms with Crippen molar-refractivity contribution in [3.05, 3.63) is 30.1 Å². The van der Waals surface area contributed by atoms with Gasteiger partial charge in [-0.1, -0.05) is 0 Å². The summed E-state index contributed by atoms with van der Waals surface area (Å²) in [5, 5.41) is 0.576. The highest BCUT2D eigenvalue weighted by Gasteiger charge is 2.33. The van der Waals surface area contributed by atoms with Gasteiger partial charge in [-0.15, -0.1) is 0 Å². The monoisotopic (exact) mass is 305 g/mol. The van der Waals surface area contributed by atoms with Crippen molar-refractivity contribution in [2.24, 2.45) is 5.92 Å². The molecule has 1 atom stereocenters. The third kappa shape index (κ3) is 2.52. The Morgan fingerprint density at radius 3 is 2.68 bits per heavy atom. The summed E-state index contributed by atoms with van der Waals surface area (Å²) >= 11 is 0. The van der Waals surface area contributed by atoms with E-state index in [-0.39, 0.29) is 0 Å². The molecule has 22 heavy (non-hydrogen) atoms. The molecule has 1 aliphatic carbocycles. The Kier molecular flexibility index (Phi) is 3.41. The highest BCUT2D eigenvalue weighted by Crippen LogP contribution is 2.35. The molecule has 4 rings (SSSR count). The van der Waals surface area contributed by atoms with Crippen molar-refractivity contribution in [3.8, 4) is 0 Å². The Morgan fingerprint density at radius 1 is 1.14 bits per heavy atom. The maximum atomic E-state index is 13.6. The van der Waals surface area contributed by atoms with E-state index in [1.54, 1.807) is 0 Å². The molecule has 2 aromatic rings. The zero-order valence-electron chi connectivity index (χ0n) is 12.1. The molecule has 1 aliphatic heterocycles. The minimum atomic E-state index is -0.876. The number of aromatic nitrogens is 2. The summed E-state index contributed by atoms with van der Waals surface area (Å²) in [4.78, 5) is 10.7. The lowest BCUT2D eigenvalue weighted by atomic mass is 10.1. The number of benzene rings is 1. The van der Waals surface area contributed by atoms with E-state index in [2.05, 4.69) is 14.9 Å². The van der Waals surface area contributed by atoms with E-state index in [1.807, 2.05) is 0 Å². The summed E-state index contributed by atoms with van der Waals surface area (Å²) < 4.78 is 32.5. The molecule has 0 N–H and O–H groups in total. The van der Waals surface area contributed by atoms with Crippen LogP contribution in [0.15, 0.2) is 18.5 Å². The summed E-state index contributed by atoms with van der Waals surface area (Å²) in [6, 6.07) is 2.78. The van der Waals surface area contributed by atoms with Crippen LogP contribution in [0.3, 0.4) is 0 Å². The largest absolute Gasteiger partial charge is 0.381 e. The molecule has 6 heteroatoms. The maximum Gasteiger partial charge on any atom is 0.161 e. The minimum absolute atomic E-state index is 0.437. The van der Waals surface area contributed by atoms with Gasteiger partial charge < -0.3 is 9.64 Å². The molecular formula is C16H17F2N3O. The van der Waals surface area contributed by atoms with Gasteiger partial charge in [-0.3, -0.25) is 0 Å². The van der Waals surface area contributed by atoms with Gasteiger partial charge in [0.2, 0.25) is 0 Å². The molecule has 2 fully saturated rings. The van der Waals surface area contributed by atoms with Crippen molar-refractivity contribution in [1.29, 1.82) is 0 Å². The summed E-state index contributed by atoms with van der Waals surface area (Å²) in [6.45, 7) is 2.40. The first kappa shape index (κ1) is 13.8. The molecule has 0 spiro atoms. The lowest BCUT2D eigenvalue weighted by Gasteiger charge is -2.27. The molecule has 1 saturated carbocycles. The second-order valence-electron chi connectivity index (χ2n) is 6.09. The van der Waals surface area contributed by atoms with E-state index in [9.17, 15) is 8.78 Å². The second-order valence-corrected chi connectivity index (χ2v) is 6.09. The molecule has 1 aromatic heterocycles. The lowest BCUT2D eigenvalue weighted by Crippen LogP contribution is -2.32. The van der Waals surface area contributed by atoms with Crippen LogP contribution in [0.1, 0.15) is 19.3 Å². The van der Waals surface area contributed by atoms with Crippen molar-refractivity contribution in [1.82, 2.24) is 9.97 Å². The molecular weight excluding hydrogens is 288 g/mol. The van der Waals surface area contributed by atoms with E-state index in [4.69, 9.17) is 4.74 Å². The zero-order chi connectivity index (χ0) is 15.1. The summed E-state index contributed by atoms with van der Waals surface area (Å²) in [7, 11) is 0. The molecule has 0 amide bonds. The summed E-state index contributed by atoms with van der Waals surface area (Å²) in [5.41, 5.74) is 0.442. The van der Waals surface area contributed by atoms with Gasteiger partial charge in [0.05, 0.1) is 12.1 Å². The molecule has 0 bridgehead atoms. The molecule has 4 nitrogen and oxygen atoms in total. The van der Waals surface area contributed by atoms with Crippen LogP contribution in [0.4, 0.5) is 14.6 Å². The Balaban J connectivity index is 1.74. The SMILES string of the molecule is Fc1cc2ncnc(N(C[C@H]3CCOC3)C3CC3)c2cc1F. The van der Waals surface area contributed by atoms with Gasteiger partial charge >= 0.3 is 0 Å². The average molecular weight is 305 g/mol. The van der Waals surface area contributed by atoms with Crippen LogP contribution in [0.5, 0.6) is 0 Å². The number of ether oxygens (including phenoxy) is 1. The molecule has 2 heterocycles. The molecule has 2 aliphatic rings. The average Bonchev–Trinajstić information content (AvgIpc) is 3.22. The first-order valence-electron chi connectivity index (χ1n) is 7.66. The highest BCUT2D eigenvalue weighted by molar-refractivity contribution is 5.89. The van der Waals surface area contributed by atoms with Crippen LogP contribution in [-0.2, 0) is 4.74 Å². The van der Waals surface area contributed by atoms with E-state index < -0.39 is 11.6 Å². The smallest absolute Gasteiger partial charge is 0.161 e. The molecule has 1 saturated heterocycles. The molecule has 0 unspecified atom stereocenters. The van der Waals surface area contributed by atoms with Gasteiger partial charge in [-0.05, 0) is 25.3 Å². The third-order valence-electron chi connectivity index (χ3n) is 4.39. The zero-order valence-corrected chi connectivity index (χ0v) is 12.1. The van der Waals surface area contributed by atoms with Gasteiger partial charge in [0, 0.05) is 36.6 Å². The van der Waals surface area contributed by atoms with E-state index in [1.165, 1.54) is 12.4 Å².